The highest BCUT2D eigenvalue weighted by Crippen LogP contribution is 2.26. The van der Waals surface area contributed by atoms with E-state index < -0.39 is 15.9 Å². The summed E-state index contributed by atoms with van der Waals surface area (Å²) in [5.74, 6) is 0.314. The van der Waals surface area contributed by atoms with Crippen LogP contribution in [-0.2, 0) is 14.8 Å². The third-order valence-electron chi connectivity index (χ3n) is 5.54. The van der Waals surface area contributed by atoms with Crippen LogP contribution in [0.3, 0.4) is 0 Å². The van der Waals surface area contributed by atoms with Crippen molar-refractivity contribution in [1.82, 2.24) is 14.5 Å². The van der Waals surface area contributed by atoms with E-state index in [0.29, 0.717) is 51.4 Å². The van der Waals surface area contributed by atoms with Crippen LogP contribution in [0.5, 0.6) is 0 Å². The molecule has 0 saturated carbocycles. The van der Waals surface area contributed by atoms with E-state index in [4.69, 9.17) is 4.42 Å². The molecule has 1 N–H and O–H groups in total. The normalized spacial score (nSPS) is 19.1. The monoisotopic (exact) mass is 425 g/mol. The molecule has 0 bridgehead atoms. The van der Waals surface area contributed by atoms with Crippen LogP contribution in [0, 0.1) is 12.8 Å². The van der Waals surface area contributed by atoms with Crippen LogP contribution in [0.15, 0.2) is 15.4 Å². The number of hydrogen-bond acceptors (Lipinski definition) is 5. The van der Waals surface area contributed by atoms with Gasteiger partial charge in [0.1, 0.15) is 10.7 Å². The van der Waals surface area contributed by atoms with E-state index >= 15 is 0 Å². The number of carbonyl (C=O) groups excluding carboxylic acids is 2. The minimum atomic E-state index is -3.63. The molecule has 8 nitrogen and oxygen atoms in total. The van der Waals surface area contributed by atoms with Gasteiger partial charge in [-0.1, -0.05) is 13.8 Å². The molecule has 0 aromatic carbocycles. The number of sulfonamides is 1. The largest absolute Gasteiger partial charge is 0.455 e. The van der Waals surface area contributed by atoms with Crippen molar-refractivity contribution < 1.29 is 22.4 Å². The number of aryl methyl sites for hydroxylation is 1. The number of carbonyl (C=O) groups is 2. The van der Waals surface area contributed by atoms with E-state index in [2.05, 4.69) is 5.32 Å². The number of nitrogens with zero attached hydrogens (tertiary/aromatic N) is 2. The summed E-state index contributed by atoms with van der Waals surface area (Å²) in [6.45, 7) is 7.84. The molecule has 9 heteroatoms. The second-order valence-corrected chi connectivity index (χ2v) is 10.3. The number of amides is 2. The standard InChI is InChI=1S/C20H31N3O5S/c1-14(2)12-19(24)22-10-6-16(7-11-22)21-20(25)17-13-18(15(3)28-17)29(26,27)23-8-4-5-9-23/h13-14,16H,4-12H2,1-3H3,(H,21,25). The smallest absolute Gasteiger partial charge is 0.287 e. The topological polar surface area (TPSA) is 99.9 Å². The number of hydrogen-bond donors (Lipinski definition) is 1. The summed E-state index contributed by atoms with van der Waals surface area (Å²) in [5, 5.41) is 2.92. The zero-order chi connectivity index (χ0) is 21.2. The Bertz CT molecular complexity index is 847. The molecule has 2 fully saturated rings. The van der Waals surface area contributed by atoms with E-state index in [1.165, 1.54) is 10.4 Å². The number of furan rings is 1. The summed E-state index contributed by atoms with van der Waals surface area (Å²) < 4.78 is 32.4. The number of rotatable bonds is 6. The van der Waals surface area contributed by atoms with Crippen molar-refractivity contribution >= 4 is 21.8 Å². The van der Waals surface area contributed by atoms with Crippen LogP contribution in [0.25, 0.3) is 0 Å². The molecule has 3 heterocycles. The average molecular weight is 426 g/mol. The highest BCUT2D eigenvalue weighted by Gasteiger charge is 2.32. The van der Waals surface area contributed by atoms with E-state index in [9.17, 15) is 18.0 Å². The van der Waals surface area contributed by atoms with Crippen molar-refractivity contribution in [1.29, 1.82) is 0 Å². The Kier molecular flexibility index (Phi) is 6.68. The van der Waals surface area contributed by atoms with Crippen LogP contribution in [0.2, 0.25) is 0 Å². The minimum Gasteiger partial charge on any atom is -0.455 e. The van der Waals surface area contributed by atoms with E-state index in [-0.39, 0.29) is 28.4 Å². The number of likely N-dealkylation sites (tertiary alicyclic amines) is 1. The molecule has 2 aliphatic heterocycles. The zero-order valence-corrected chi connectivity index (χ0v) is 18.3. The first kappa shape index (κ1) is 21.8. The van der Waals surface area contributed by atoms with Gasteiger partial charge in [0.05, 0.1) is 0 Å². The first-order valence-electron chi connectivity index (χ1n) is 10.4. The fourth-order valence-electron chi connectivity index (χ4n) is 3.91. The Labute approximate surface area is 172 Å². The third kappa shape index (κ3) is 5.01. The maximum Gasteiger partial charge on any atom is 0.287 e. The molecule has 2 saturated heterocycles. The van der Waals surface area contributed by atoms with Gasteiger partial charge in [-0.2, -0.15) is 4.31 Å². The molecule has 0 aliphatic carbocycles. The molecule has 3 rings (SSSR count). The zero-order valence-electron chi connectivity index (χ0n) is 17.4. The fourth-order valence-corrected chi connectivity index (χ4v) is 5.59. The summed E-state index contributed by atoms with van der Waals surface area (Å²) in [6.07, 6.45) is 3.59. The molecule has 0 atom stereocenters. The Hall–Kier alpha value is -1.87. The van der Waals surface area contributed by atoms with E-state index in [1.54, 1.807) is 6.92 Å². The number of nitrogens with one attached hydrogen (secondary N) is 1. The van der Waals surface area contributed by atoms with Gasteiger partial charge in [0, 0.05) is 44.7 Å². The minimum absolute atomic E-state index is 0.0126. The van der Waals surface area contributed by atoms with Crippen LogP contribution < -0.4 is 5.32 Å². The summed E-state index contributed by atoms with van der Waals surface area (Å²) in [5.41, 5.74) is 0. The predicted molar refractivity (Wildman–Crippen MR) is 108 cm³/mol. The maximum atomic E-state index is 12.8. The van der Waals surface area contributed by atoms with Gasteiger partial charge in [0.2, 0.25) is 15.9 Å². The summed E-state index contributed by atoms with van der Waals surface area (Å²) in [6, 6.07) is 1.27. The van der Waals surface area contributed by atoms with Gasteiger partial charge in [-0.15, -0.1) is 0 Å². The Morgan fingerprint density at radius 1 is 1.17 bits per heavy atom. The van der Waals surface area contributed by atoms with Gasteiger partial charge >= 0.3 is 0 Å². The van der Waals surface area contributed by atoms with Gasteiger partial charge < -0.3 is 14.6 Å². The van der Waals surface area contributed by atoms with Crippen molar-refractivity contribution in [3.8, 4) is 0 Å². The Balaban J connectivity index is 1.59. The number of piperidine rings is 1. The lowest BCUT2D eigenvalue weighted by atomic mass is 10.0. The molecule has 0 unspecified atom stereocenters. The van der Waals surface area contributed by atoms with Crippen molar-refractivity contribution in [2.24, 2.45) is 5.92 Å². The SMILES string of the molecule is Cc1oc(C(=O)NC2CCN(C(=O)CC(C)C)CC2)cc1S(=O)(=O)N1CCCC1. The van der Waals surface area contributed by atoms with Crippen LogP contribution >= 0.6 is 0 Å². The lowest BCUT2D eigenvalue weighted by molar-refractivity contribution is -0.133. The first-order chi connectivity index (χ1) is 13.7. The van der Waals surface area contributed by atoms with Crippen molar-refractivity contribution in [3.05, 3.63) is 17.6 Å². The van der Waals surface area contributed by atoms with Crippen molar-refractivity contribution in [2.75, 3.05) is 26.2 Å². The molecule has 2 aliphatic rings. The van der Waals surface area contributed by atoms with Crippen LogP contribution in [0.4, 0.5) is 0 Å². The van der Waals surface area contributed by atoms with Crippen molar-refractivity contribution in [3.63, 3.8) is 0 Å². The Morgan fingerprint density at radius 2 is 1.79 bits per heavy atom. The molecular formula is C20H31N3O5S. The molecular weight excluding hydrogens is 394 g/mol. The summed E-state index contributed by atoms with van der Waals surface area (Å²) in [4.78, 5) is 26.7. The molecule has 1 aromatic rings. The van der Waals surface area contributed by atoms with Crippen LogP contribution in [0.1, 0.15) is 62.3 Å². The van der Waals surface area contributed by atoms with Crippen LogP contribution in [-0.4, -0.2) is 61.7 Å². The third-order valence-corrected chi connectivity index (χ3v) is 7.55. The van der Waals surface area contributed by atoms with Crippen molar-refractivity contribution in [2.45, 2.75) is 63.8 Å². The van der Waals surface area contributed by atoms with E-state index in [1.807, 2.05) is 18.7 Å². The molecule has 0 radical (unpaired) electrons. The van der Waals surface area contributed by atoms with E-state index in [0.717, 1.165) is 12.8 Å². The summed E-state index contributed by atoms with van der Waals surface area (Å²) >= 11 is 0. The second-order valence-electron chi connectivity index (χ2n) is 8.37. The second kappa shape index (κ2) is 8.87. The predicted octanol–water partition coefficient (Wildman–Crippen LogP) is 2.14. The molecule has 0 spiro atoms. The van der Waals surface area contributed by atoms with Gasteiger partial charge in [-0.25, -0.2) is 8.42 Å². The van der Waals surface area contributed by atoms with Gasteiger partial charge in [-0.05, 0) is 38.5 Å². The fraction of sp³-hybridized carbons (Fsp3) is 0.700. The lowest BCUT2D eigenvalue weighted by Gasteiger charge is -2.32. The molecule has 1 aromatic heterocycles. The van der Waals surface area contributed by atoms with Gasteiger partial charge in [0.25, 0.3) is 5.91 Å². The Morgan fingerprint density at radius 3 is 2.38 bits per heavy atom. The highest BCUT2D eigenvalue weighted by molar-refractivity contribution is 7.89. The molecule has 2 amide bonds. The molecule has 162 valence electrons. The lowest BCUT2D eigenvalue weighted by Crippen LogP contribution is -2.46. The first-order valence-corrected chi connectivity index (χ1v) is 11.8. The average Bonchev–Trinajstić information content (AvgIpc) is 3.32. The van der Waals surface area contributed by atoms with Gasteiger partial charge in [-0.3, -0.25) is 9.59 Å². The quantitative estimate of drug-likeness (QED) is 0.753. The van der Waals surface area contributed by atoms with Gasteiger partial charge in [0.15, 0.2) is 5.76 Å². The summed E-state index contributed by atoms with van der Waals surface area (Å²) in [7, 11) is -3.63. The highest BCUT2D eigenvalue weighted by atomic mass is 32.2. The maximum absolute atomic E-state index is 12.8. The molecule has 29 heavy (non-hydrogen) atoms.